The van der Waals surface area contributed by atoms with E-state index in [0.717, 1.165) is 12.8 Å². The Morgan fingerprint density at radius 3 is 2.76 bits per heavy atom. The Morgan fingerprint density at radius 1 is 1.41 bits per heavy atom. The zero-order chi connectivity index (χ0) is 12.3. The van der Waals surface area contributed by atoms with E-state index in [2.05, 4.69) is 0 Å². The van der Waals surface area contributed by atoms with Gasteiger partial charge in [0.1, 0.15) is 0 Å². The SMILES string of the molecule is O=C(O)[C@]12CCCC[C@]13C(=O)OC[C@@H]3[C@H]2CO. The molecule has 0 aromatic heterocycles. The largest absolute Gasteiger partial charge is 0.481 e. The number of carbonyl (C=O) groups is 2. The van der Waals surface area contributed by atoms with Gasteiger partial charge in [0.15, 0.2) is 0 Å². The van der Waals surface area contributed by atoms with Crippen LogP contribution in [-0.4, -0.2) is 35.4 Å². The van der Waals surface area contributed by atoms with Crippen molar-refractivity contribution in [2.45, 2.75) is 25.7 Å². The van der Waals surface area contributed by atoms with Gasteiger partial charge in [0, 0.05) is 18.4 Å². The van der Waals surface area contributed by atoms with Crippen LogP contribution in [0.1, 0.15) is 25.7 Å². The summed E-state index contributed by atoms with van der Waals surface area (Å²) in [5.74, 6) is -1.72. The summed E-state index contributed by atoms with van der Waals surface area (Å²) in [5.41, 5.74) is -1.91. The van der Waals surface area contributed by atoms with Gasteiger partial charge in [-0.05, 0) is 12.8 Å². The molecule has 1 spiro atoms. The van der Waals surface area contributed by atoms with Crippen molar-refractivity contribution < 1.29 is 24.5 Å². The Morgan fingerprint density at radius 2 is 2.12 bits per heavy atom. The highest BCUT2D eigenvalue weighted by molar-refractivity contribution is 5.92. The summed E-state index contributed by atoms with van der Waals surface area (Å²) in [7, 11) is 0. The van der Waals surface area contributed by atoms with Crippen molar-refractivity contribution in [3.8, 4) is 0 Å². The first-order chi connectivity index (χ1) is 8.11. The van der Waals surface area contributed by atoms with Gasteiger partial charge < -0.3 is 14.9 Å². The molecule has 0 unspecified atom stereocenters. The van der Waals surface area contributed by atoms with E-state index in [1.165, 1.54) is 0 Å². The van der Waals surface area contributed by atoms with Gasteiger partial charge in [-0.15, -0.1) is 0 Å². The van der Waals surface area contributed by atoms with Crippen LogP contribution in [0.5, 0.6) is 0 Å². The van der Waals surface area contributed by atoms with Gasteiger partial charge in [-0.1, -0.05) is 12.8 Å². The number of aliphatic hydroxyl groups excluding tert-OH is 1. The van der Waals surface area contributed by atoms with E-state index in [0.29, 0.717) is 12.8 Å². The first kappa shape index (κ1) is 11.0. The summed E-state index contributed by atoms with van der Waals surface area (Å²) < 4.78 is 5.09. The molecule has 0 aromatic rings. The maximum Gasteiger partial charge on any atom is 0.313 e. The molecule has 17 heavy (non-hydrogen) atoms. The van der Waals surface area contributed by atoms with Gasteiger partial charge in [0.2, 0.25) is 0 Å². The number of cyclic esters (lactones) is 1. The molecule has 3 fully saturated rings. The lowest BCUT2D eigenvalue weighted by molar-refractivity contribution is -0.231. The lowest BCUT2D eigenvalue weighted by Gasteiger charge is -2.63. The second-order valence-corrected chi connectivity index (χ2v) is 5.45. The molecule has 0 amide bonds. The van der Waals surface area contributed by atoms with Gasteiger partial charge in [-0.3, -0.25) is 9.59 Å². The van der Waals surface area contributed by atoms with Crippen molar-refractivity contribution in [2.24, 2.45) is 22.7 Å². The molecule has 5 heteroatoms. The molecule has 2 aliphatic carbocycles. The van der Waals surface area contributed by atoms with Crippen LogP contribution in [0, 0.1) is 22.7 Å². The minimum atomic E-state index is -1.07. The van der Waals surface area contributed by atoms with Crippen molar-refractivity contribution in [3.63, 3.8) is 0 Å². The van der Waals surface area contributed by atoms with Gasteiger partial charge in [-0.2, -0.15) is 0 Å². The summed E-state index contributed by atoms with van der Waals surface area (Å²) in [6, 6.07) is 0. The van der Waals surface area contributed by atoms with Crippen LogP contribution in [0.15, 0.2) is 0 Å². The molecule has 3 aliphatic rings. The number of aliphatic hydroxyl groups is 1. The average Bonchev–Trinajstić information content (AvgIpc) is 2.55. The number of esters is 1. The molecule has 3 rings (SSSR count). The zero-order valence-corrected chi connectivity index (χ0v) is 9.52. The normalized spacial score (nSPS) is 47.7. The molecular formula is C12H16O5. The van der Waals surface area contributed by atoms with Crippen molar-refractivity contribution in [1.29, 1.82) is 0 Å². The Bertz CT molecular complexity index is 392. The molecule has 2 saturated carbocycles. The smallest absolute Gasteiger partial charge is 0.313 e. The van der Waals surface area contributed by atoms with E-state index in [1.807, 2.05) is 0 Å². The topological polar surface area (TPSA) is 83.8 Å². The zero-order valence-electron chi connectivity index (χ0n) is 9.52. The molecule has 1 aliphatic heterocycles. The fraction of sp³-hybridized carbons (Fsp3) is 0.833. The van der Waals surface area contributed by atoms with Crippen LogP contribution in [-0.2, 0) is 14.3 Å². The quantitative estimate of drug-likeness (QED) is 0.683. The molecule has 94 valence electrons. The first-order valence-corrected chi connectivity index (χ1v) is 6.13. The third-order valence-corrected chi connectivity index (χ3v) is 5.28. The first-order valence-electron chi connectivity index (χ1n) is 6.13. The van der Waals surface area contributed by atoms with Crippen molar-refractivity contribution in [3.05, 3.63) is 0 Å². The predicted octanol–water partition coefficient (Wildman–Crippen LogP) is 0.413. The number of rotatable bonds is 2. The lowest BCUT2D eigenvalue weighted by atomic mass is 9.35. The third kappa shape index (κ3) is 0.921. The molecule has 0 bridgehead atoms. The lowest BCUT2D eigenvalue weighted by Crippen LogP contribution is -2.71. The van der Waals surface area contributed by atoms with Crippen LogP contribution < -0.4 is 0 Å². The number of carbonyl (C=O) groups excluding carboxylic acids is 1. The third-order valence-electron chi connectivity index (χ3n) is 5.28. The summed E-state index contributed by atoms with van der Waals surface area (Å²) >= 11 is 0. The van der Waals surface area contributed by atoms with E-state index in [9.17, 15) is 19.8 Å². The van der Waals surface area contributed by atoms with E-state index in [-0.39, 0.29) is 31.0 Å². The number of hydrogen-bond donors (Lipinski definition) is 2. The molecule has 0 aromatic carbocycles. The minimum Gasteiger partial charge on any atom is -0.481 e. The van der Waals surface area contributed by atoms with Crippen LogP contribution >= 0.6 is 0 Å². The molecule has 2 N–H and O–H groups in total. The maximum atomic E-state index is 12.0. The molecule has 4 atom stereocenters. The highest BCUT2D eigenvalue weighted by atomic mass is 16.5. The van der Waals surface area contributed by atoms with Gasteiger partial charge >= 0.3 is 11.9 Å². The van der Waals surface area contributed by atoms with Crippen molar-refractivity contribution >= 4 is 11.9 Å². The Balaban J connectivity index is 2.12. The summed E-state index contributed by atoms with van der Waals surface area (Å²) in [6.45, 7) is 0.106. The van der Waals surface area contributed by atoms with Crippen LogP contribution in [0.4, 0.5) is 0 Å². The maximum absolute atomic E-state index is 12.0. The van der Waals surface area contributed by atoms with E-state index in [4.69, 9.17) is 4.74 Å². The van der Waals surface area contributed by atoms with E-state index >= 15 is 0 Å². The van der Waals surface area contributed by atoms with E-state index < -0.39 is 16.8 Å². The number of carboxylic acids is 1. The summed E-state index contributed by atoms with van der Waals surface area (Å²) in [5, 5.41) is 19.0. The van der Waals surface area contributed by atoms with Gasteiger partial charge in [0.05, 0.1) is 17.4 Å². The summed E-state index contributed by atoms with van der Waals surface area (Å²) in [6.07, 6.45) is 2.77. The Kier molecular flexibility index (Phi) is 2.09. The summed E-state index contributed by atoms with van der Waals surface area (Å²) in [4.78, 5) is 23.7. The van der Waals surface area contributed by atoms with Crippen molar-refractivity contribution in [2.75, 3.05) is 13.2 Å². The highest BCUT2D eigenvalue weighted by Crippen LogP contribution is 2.73. The number of carboxylic acid groups (broad SMARTS) is 1. The molecular weight excluding hydrogens is 224 g/mol. The van der Waals surface area contributed by atoms with Crippen molar-refractivity contribution in [1.82, 2.24) is 0 Å². The van der Waals surface area contributed by atoms with Gasteiger partial charge in [-0.25, -0.2) is 0 Å². The average molecular weight is 240 g/mol. The minimum absolute atomic E-state index is 0.101. The predicted molar refractivity (Wildman–Crippen MR) is 56.0 cm³/mol. The Hall–Kier alpha value is -1.10. The Labute approximate surface area is 98.8 Å². The standard InChI is InChI=1S/C12H16O5/c13-5-7-8-6-17-10(16)12(8)4-2-1-3-11(7,12)9(14)15/h7-8,13H,1-6H2,(H,14,15)/t7-,8-,11-,12+/m1/s1. The molecule has 1 saturated heterocycles. The number of aliphatic carboxylic acids is 1. The van der Waals surface area contributed by atoms with Crippen LogP contribution in [0.2, 0.25) is 0 Å². The van der Waals surface area contributed by atoms with E-state index in [1.54, 1.807) is 0 Å². The monoisotopic (exact) mass is 240 g/mol. The second kappa shape index (κ2) is 3.22. The molecule has 5 nitrogen and oxygen atoms in total. The van der Waals surface area contributed by atoms with Crippen LogP contribution in [0.3, 0.4) is 0 Å². The molecule has 1 heterocycles. The second-order valence-electron chi connectivity index (χ2n) is 5.45. The van der Waals surface area contributed by atoms with Crippen LogP contribution in [0.25, 0.3) is 0 Å². The fourth-order valence-electron chi connectivity index (χ4n) is 4.60. The fourth-order valence-corrected chi connectivity index (χ4v) is 4.60. The number of ether oxygens (including phenoxy) is 1. The number of hydrogen-bond acceptors (Lipinski definition) is 4. The molecule has 0 radical (unpaired) electrons. The highest BCUT2D eigenvalue weighted by Gasteiger charge is 2.81. The van der Waals surface area contributed by atoms with Gasteiger partial charge in [0.25, 0.3) is 0 Å².